The highest BCUT2D eigenvalue weighted by Gasteiger charge is 2.26. The fourth-order valence-corrected chi connectivity index (χ4v) is 2.44. The van der Waals surface area contributed by atoms with E-state index in [9.17, 15) is 14.0 Å². The maximum Gasteiger partial charge on any atom is 0.255 e. The van der Waals surface area contributed by atoms with Crippen molar-refractivity contribution in [2.24, 2.45) is 0 Å². The molecule has 1 fully saturated rings. The second kappa shape index (κ2) is 6.11. The Morgan fingerprint density at radius 3 is 2.68 bits per heavy atom. The van der Waals surface area contributed by atoms with Gasteiger partial charge in [-0.25, -0.2) is 4.39 Å². The summed E-state index contributed by atoms with van der Waals surface area (Å²) < 4.78 is 18.6. The topological polar surface area (TPSA) is 62.4 Å². The van der Waals surface area contributed by atoms with Gasteiger partial charge in [-0.3, -0.25) is 9.59 Å². The monoisotopic (exact) mass is 302 g/mol. The number of carbonyl (C=O) groups is 1. The number of aromatic amines is 1. The van der Waals surface area contributed by atoms with E-state index in [2.05, 4.69) is 4.98 Å². The largest absolute Gasteiger partial charge is 0.370 e. The van der Waals surface area contributed by atoms with E-state index in [1.807, 2.05) is 0 Å². The molecule has 0 saturated carbocycles. The summed E-state index contributed by atoms with van der Waals surface area (Å²) in [5.74, 6) is -0.465. The SMILES string of the molecule is O=C(c1ccc(=O)[nH]c1)N1CCO[C@@H](c2ccc(F)cc2)C1. The van der Waals surface area contributed by atoms with Crippen molar-refractivity contribution in [3.05, 3.63) is 69.9 Å². The van der Waals surface area contributed by atoms with E-state index in [1.54, 1.807) is 17.0 Å². The van der Waals surface area contributed by atoms with Gasteiger partial charge in [0, 0.05) is 18.8 Å². The molecule has 1 aliphatic heterocycles. The number of halogens is 1. The molecule has 1 aromatic heterocycles. The molecule has 0 bridgehead atoms. The summed E-state index contributed by atoms with van der Waals surface area (Å²) >= 11 is 0. The molecule has 6 heteroatoms. The number of H-pyrrole nitrogens is 1. The van der Waals surface area contributed by atoms with Gasteiger partial charge in [-0.15, -0.1) is 0 Å². The quantitative estimate of drug-likeness (QED) is 0.919. The Labute approximate surface area is 126 Å². The van der Waals surface area contributed by atoms with Gasteiger partial charge in [-0.1, -0.05) is 12.1 Å². The molecule has 1 aromatic carbocycles. The molecule has 3 rings (SSSR count). The van der Waals surface area contributed by atoms with Crippen LogP contribution in [-0.2, 0) is 4.74 Å². The van der Waals surface area contributed by atoms with Crippen LogP contribution in [0.25, 0.3) is 0 Å². The number of amides is 1. The Balaban J connectivity index is 1.75. The smallest absolute Gasteiger partial charge is 0.255 e. The number of hydrogen-bond acceptors (Lipinski definition) is 3. The van der Waals surface area contributed by atoms with Crippen molar-refractivity contribution < 1.29 is 13.9 Å². The first-order chi connectivity index (χ1) is 10.6. The maximum absolute atomic E-state index is 13.0. The molecule has 1 N–H and O–H groups in total. The number of rotatable bonds is 2. The van der Waals surface area contributed by atoms with Crippen LogP contribution >= 0.6 is 0 Å². The Kier molecular flexibility index (Phi) is 4.02. The molecule has 1 atom stereocenters. The third-order valence-electron chi connectivity index (χ3n) is 3.63. The summed E-state index contributed by atoms with van der Waals surface area (Å²) in [6.45, 7) is 1.29. The van der Waals surface area contributed by atoms with E-state index < -0.39 is 0 Å². The number of ether oxygens (including phenoxy) is 1. The lowest BCUT2D eigenvalue weighted by Crippen LogP contribution is -2.42. The minimum absolute atomic E-state index is 0.160. The second-order valence-electron chi connectivity index (χ2n) is 5.10. The van der Waals surface area contributed by atoms with Gasteiger partial charge >= 0.3 is 0 Å². The molecule has 0 aliphatic carbocycles. The molecule has 2 aromatic rings. The normalized spacial score (nSPS) is 18.2. The highest BCUT2D eigenvalue weighted by molar-refractivity contribution is 5.93. The van der Waals surface area contributed by atoms with Crippen LogP contribution in [-0.4, -0.2) is 35.5 Å². The number of pyridine rings is 1. The molecule has 5 nitrogen and oxygen atoms in total. The Bertz CT molecular complexity index is 706. The number of hydrogen-bond donors (Lipinski definition) is 1. The zero-order valence-electron chi connectivity index (χ0n) is 11.8. The van der Waals surface area contributed by atoms with Gasteiger partial charge in [0.15, 0.2) is 0 Å². The lowest BCUT2D eigenvalue weighted by atomic mass is 10.1. The average molecular weight is 302 g/mol. The maximum atomic E-state index is 13.0. The Hall–Kier alpha value is -2.47. The van der Waals surface area contributed by atoms with Crippen molar-refractivity contribution in [2.45, 2.75) is 6.10 Å². The molecule has 0 radical (unpaired) electrons. The summed E-state index contributed by atoms with van der Waals surface area (Å²) in [5, 5.41) is 0. The van der Waals surface area contributed by atoms with Crippen LogP contribution in [0.3, 0.4) is 0 Å². The highest BCUT2D eigenvalue weighted by Crippen LogP contribution is 2.23. The molecular formula is C16H15FN2O3. The molecular weight excluding hydrogens is 287 g/mol. The third kappa shape index (κ3) is 3.07. The predicted octanol–water partition coefficient (Wildman–Crippen LogP) is 1.73. The summed E-state index contributed by atoms with van der Waals surface area (Å²) in [5.41, 5.74) is 1.02. The minimum atomic E-state index is -0.305. The molecule has 22 heavy (non-hydrogen) atoms. The standard InChI is InChI=1S/C16H15FN2O3/c17-13-4-1-11(2-5-13)14-10-19(7-8-22-14)16(21)12-3-6-15(20)18-9-12/h1-6,9,14H,7-8,10H2,(H,18,20)/t14-/m1/s1. The van der Waals surface area contributed by atoms with Crippen LogP contribution in [0.4, 0.5) is 4.39 Å². The molecule has 2 heterocycles. The highest BCUT2D eigenvalue weighted by atomic mass is 19.1. The molecule has 1 saturated heterocycles. The van der Waals surface area contributed by atoms with Gasteiger partial charge in [0.2, 0.25) is 5.56 Å². The van der Waals surface area contributed by atoms with Crippen molar-refractivity contribution in [3.8, 4) is 0 Å². The third-order valence-corrected chi connectivity index (χ3v) is 3.63. The average Bonchev–Trinajstić information content (AvgIpc) is 2.56. The lowest BCUT2D eigenvalue weighted by molar-refractivity contribution is -0.0228. The van der Waals surface area contributed by atoms with E-state index >= 15 is 0 Å². The van der Waals surface area contributed by atoms with Crippen molar-refractivity contribution >= 4 is 5.91 Å². The van der Waals surface area contributed by atoms with E-state index in [0.717, 1.165) is 5.56 Å². The van der Waals surface area contributed by atoms with Crippen LogP contribution < -0.4 is 5.56 Å². The number of morpholine rings is 1. The van der Waals surface area contributed by atoms with Crippen LogP contribution in [0.5, 0.6) is 0 Å². The van der Waals surface area contributed by atoms with Gasteiger partial charge in [0.25, 0.3) is 5.91 Å². The summed E-state index contributed by atoms with van der Waals surface area (Å²) in [4.78, 5) is 27.6. The van der Waals surface area contributed by atoms with Gasteiger partial charge in [-0.05, 0) is 23.8 Å². The number of nitrogens with one attached hydrogen (secondary N) is 1. The molecule has 0 unspecified atom stereocenters. The first kappa shape index (κ1) is 14.5. The number of aromatic nitrogens is 1. The van der Waals surface area contributed by atoms with Crippen molar-refractivity contribution in [3.63, 3.8) is 0 Å². The van der Waals surface area contributed by atoms with E-state index in [0.29, 0.717) is 25.3 Å². The Morgan fingerprint density at radius 1 is 1.23 bits per heavy atom. The van der Waals surface area contributed by atoms with Crippen molar-refractivity contribution in [1.29, 1.82) is 0 Å². The Morgan fingerprint density at radius 2 is 2.00 bits per heavy atom. The number of benzene rings is 1. The lowest BCUT2D eigenvalue weighted by Gasteiger charge is -2.33. The predicted molar refractivity (Wildman–Crippen MR) is 78.1 cm³/mol. The van der Waals surface area contributed by atoms with Crippen LogP contribution in [0.2, 0.25) is 0 Å². The van der Waals surface area contributed by atoms with Crippen LogP contribution in [0.1, 0.15) is 22.0 Å². The summed E-state index contributed by atoms with van der Waals surface area (Å²) in [6, 6.07) is 8.90. The molecule has 0 spiro atoms. The van der Waals surface area contributed by atoms with Gasteiger partial charge in [0.05, 0.1) is 18.7 Å². The first-order valence-corrected chi connectivity index (χ1v) is 6.98. The van der Waals surface area contributed by atoms with Gasteiger partial charge in [0.1, 0.15) is 11.9 Å². The van der Waals surface area contributed by atoms with Crippen molar-refractivity contribution in [1.82, 2.24) is 9.88 Å². The van der Waals surface area contributed by atoms with Crippen LogP contribution in [0.15, 0.2) is 47.4 Å². The molecule has 1 aliphatic rings. The van der Waals surface area contributed by atoms with Crippen LogP contribution in [0, 0.1) is 5.82 Å². The minimum Gasteiger partial charge on any atom is -0.370 e. The van der Waals surface area contributed by atoms with E-state index in [1.165, 1.54) is 30.5 Å². The zero-order chi connectivity index (χ0) is 15.5. The van der Waals surface area contributed by atoms with E-state index in [-0.39, 0.29) is 23.4 Å². The second-order valence-corrected chi connectivity index (χ2v) is 5.10. The van der Waals surface area contributed by atoms with Gasteiger partial charge < -0.3 is 14.6 Å². The molecule has 1 amide bonds. The zero-order valence-corrected chi connectivity index (χ0v) is 11.8. The summed E-state index contributed by atoms with van der Waals surface area (Å²) in [7, 11) is 0. The number of carbonyl (C=O) groups excluding carboxylic acids is 1. The van der Waals surface area contributed by atoms with Gasteiger partial charge in [-0.2, -0.15) is 0 Å². The first-order valence-electron chi connectivity index (χ1n) is 6.98. The fraction of sp³-hybridized carbons (Fsp3) is 0.250. The molecule has 114 valence electrons. The van der Waals surface area contributed by atoms with Crippen molar-refractivity contribution in [2.75, 3.05) is 19.7 Å². The fourth-order valence-electron chi connectivity index (χ4n) is 2.44. The van der Waals surface area contributed by atoms with E-state index in [4.69, 9.17) is 4.74 Å². The number of nitrogens with zero attached hydrogens (tertiary/aromatic N) is 1. The summed E-state index contributed by atoms with van der Waals surface area (Å²) in [6.07, 6.45) is 1.13.